The van der Waals surface area contributed by atoms with Crippen molar-refractivity contribution in [1.82, 2.24) is 4.98 Å². The highest BCUT2D eigenvalue weighted by atomic mass is 32.2. The average Bonchev–Trinajstić information content (AvgIpc) is 2.61. The number of aromatic nitrogens is 1. The Morgan fingerprint density at radius 2 is 1.93 bits per heavy atom. The van der Waals surface area contributed by atoms with Gasteiger partial charge in [-0.25, -0.2) is 4.21 Å². The van der Waals surface area contributed by atoms with Crippen LogP contribution >= 0.6 is 0 Å². The topological polar surface area (TPSA) is 49.9 Å². The van der Waals surface area contributed by atoms with Crippen molar-refractivity contribution < 1.29 is 4.21 Å². The summed E-state index contributed by atoms with van der Waals surface area (Å²) in [5, 5.41) is 2.59. The van der Waals surface area contributed by atoms with Crippen molar-refractivity contribution in [3.63, 3.8) is 0 Å². The zero-order valence-corrected chi connectivity index (χ0v) is 8.51. The van der Waals surface area contributed by atoms with E-state index in [1.165, 1.54) is 6.07 Å². The Hall–Kier alpha value is -1.68. The van der Waals surface area contributed by atoms with E-state index in [9.17, 15) is 9.00 Å². The van der Waals surface area contributed by atoms with Crippen molar-refractivity contribution in [3.05, 3.63) is 45.6 Å². The number of nitrogens with one attached hydrogen (secondary N) is 1. The van der Waals surface area contributed by atoms with Gasteiger partial charge in [0.1, 0.15) is 0 Å². The number of rotatable bonds is 0. The summed E-state index contributed by atoms with van der Waals surface area (Å²) < 4.78 is 11.5. The number of benzene rings is 1. The molecule has 1 unspecified atom stereocenters. The van der Waals surface area contributed by atoms with E-state index in [0.717, 1.165) is 21.4 Å². The minimum absolute atomic E-state index is 0.137. The summed E-state index contributed by atoms with van der Waals surface area (Å²) in [6.07, 6.45) is 1.80. The molecular weight excluding hydrogens is 210 g/mol. The maximum absolute atomic E-state index is 11.5. The second-order valence-corrected chi connectivity index (χ2v) is 4.67. The lowest BCUT2D eigenvalue weighted by molar-refractivity contribution is 0.689. The first kappa shape index (κ1) is 8.61. The number of hydrogen-bond donors (Lipinski definition) is 1. The summed E-state index contributed by atoms with van der Waals surface area (Å²) in [7, 11) is -1.06. The summed E-state index contributed by atoms with van der Waals surface area (Å²) in [6.45, 7) is 0. The van der Waals surface area contributed by atoms with Crippen LogP contribution in [0.3, 0.4) is 0 Å². The number of aromatic amines is 1. The molecule has 1 aliphatic heterocycles. The van der Waals surface area contributed by atoms with Crippen molar-refractivity contribution in [2.45, 2.75) is 4.90 Å². The summed E-state index contributed by atoms with van der Waals surface area (Å²) in [5.41, 5.74) is 1.49. The Kier molecular flexibility index (Phi) is 1.67. The van der Waals surface area contributed by atoms with Crippen LogP contribution in [0.2, 0.25) is 0 Å². The van der Waals surface area contributed by atoms with Gasteiger partial charge in [0, 0.05) is 17.0 Å². The first-order chi connectivity index (χ1) is 7.25. The van der Waals surface area contributed by atoms with E-state index in [4.69, 9.17) is 0 Å². The molecule has 1 aromatic carbocycles. The Morgan fingerprint density at radius 1 is 1.13 bits per heavy atom. The number of H-pyrrole nitrogens is 1. The molecule has 0 fully saturated rings. The highest BCUT2D eigenvalue weighted by molar-refractivity contribution is 7.88. The van der Waals surface area contributed by atoms with Crippen LogP contribution in [0.15, 0.2) is 39.4 Å². The van der Waals surface area contributed by atoms with Gasteiger partial charge in [0.2, 0.25) is 5.56 Å². The molecule has 4 heteroatoms. The van der Waals surface area contributed by atoms with Crippen LogP contribution in [0.1, 0.15) is 5.56 Å². The smallest absolute Gasteiger partial charge is 0.248 e. The third kappa shape index (κ3) is 1.18. The van der Waals surface area contributed by atoms with E-state index in [1.54, 1.807) is 17.6 Å². The normalized spacial score (nSPS) is 18.3. The maximum atomic E-state index is 11.5. The Labute approximate surface area is 87.9 Å². The molecule has 0 bridgehead atoms. The van der Waals surface area contributed by atoms with E-state index in [2.05, 4.69) is 4.98 Å². The van der Waals surface area contributed by atoms with Crippen LogP contribution in [0, 0.1) is 0 Å². The highest BCUT2D eigenvalue weighted by Crippen LogP contribution is 2.28. The van der Waals surface area contributed by atoms with Crippen LogP contribution in [0.4, 0.5) is 0 Å². The van der Waals surface area contributed by atoms with Crippen molar-refractivity contribution in [2.24, 2.45) is 0 Å². The molecule has 1 N–H and O–H groups in total. The summed E-state index contributed by atoms with van der Waals surface area (Å²) in [5.74, 6) is 0. The number of pyridine rings is 1. The third-order valence-electron chi connectivity index (χ3n) is 2.48. The van der Waals surface area contributed by atoms with Crippen LogP contribution in [0.25, 0.3) is 17.0 Å². The van der Waals surface area contributed by atoms with Crippen molar-refractivity contribution in [2.75, 3.05) is 0 Å². The van der Waals surface area contributed by atoms with Gasteiger partial charge in [0.05, 0.1) is 21.2 Å². The van der Waals surface area contributed by atoms with E-state index in [-0.39, 0.29) is 5.56 Å². The van der Waals surface area contributed by atoms with E-state index in [0.29, 0.717) is 0 Å². The molecule has 74 valence electrons. The zero-order chi connectivity index (χ0) is 10.4. The van der Waals surface area contributed by atoms with Crippen molar-refractivity contribution in [3.8, 4) is 0 Å². The Morgan fingerprint density at radius 3 is 2.80 bits per heavy atom. The lowest BCUT2D eigenvalue weighted by atomic mass is 10.1. The van der Waals surface area contributed by atoms with Crippen LogP contribution in [-0.4, -0.2) is 9.19 Å². The molecule has 0 amide bonds. The van der Waals surface area contributed by atoms with Gasteiger partial charge < -0.3 is 4.98 Å². The van der Waals surface area contributed by atoms with E-state index in [1.807, 2.05) is 12.1 Å². The number of hydrogen-bond acceptors (Lipinski definition) is 2. The summed E-state index contributed by atoms with van der Waals surface area (Å²) in [6, 6.07) is 6.97. The van der Waals surface area contributed by atoms with Gasteiger partial charge in [0.15, 0.2) is 0 Å². The monoisotopic (exact) mass is 217 g/mol. The second kappa shape index (κ2) is 2.90. The standard InChI is InChI=1S/C11H7NO2S/c13-10-4-2-7-1-3-9-8(11(7)12-10)5-6-15(9)14/h1-6H,(H,12,13). The molecule has 1 aromatic heterocycles. The summed E-state index contributed by atoms with van der Waals surface area (Å²) >= 11 is 0. The van der Waals surface area contributed by atoms with Gasteiger partial charge in [-0.15, -0.1) is 0 Å². The molecule has 2 aromatic rings. The van der Waals surface area contributed by atoms with E-state index >= 15 is 0 Å². The molecule has 2 heterocycles. The average molecular weight is 217 g/mol. The first-order valence-corrected chi connectivity index (χ1v) is 5.72. The molecule has 0 saturated heterocycles. The van der Waals surface area contributed by atoms with Gasteiger partial charge >= 0.3 is 0 Å². The largest absolute Gasteiger partial charge is 0.321 e. The molecule has 15 heavy (non-hydrogen) atoms. The van der Waals surface area contributed by atoms with Crippen molar-refractivity contribution >= 4 is 27.8 Å². The van der Waals surface area contributed by atoms with Crippen molar-refractivity contribution in [1.29, 1.82) is 0 Å². The molecule has 0 saturated carbocycles. The molecule has 3 nitrogen and oxygen atoms in total. The fourth-order valence-corrected chi connectivity index (χ4v) is 2.77. The molecular formula is C11H7NO2S. The fourth-order valence-electron chi connectivity index (χ4n) is 1.77. The van der Waals surface area contributed by atoms with Crippen LogP contribution < -0.4 is 5.56 Å². The second-order valence-electron chi connectivity index (χ2n) is 3.36. The predicted octanol–water partition coefficient (Wildman–Crippen LogP) is 1.62. The minimum atomic E-state index is -1.06. The Balaban J connectivity index is 2.52. The predicted molar refractivity (Wildman–Crippen MR) is 60.0 cm³/mol. The van der Waals surface area contributed by atoms with Gasteiger partial charge in [-0.3, -0.25) is 4.79 Å². The first-order valence-electron chi connectivity index (χ1n) is 4.50. The highest BCUT2D eigenvalue weighted by Gasteiger charge is 2.15. The van der Waals surface area contributed by atoms with E-state index < -0.39 is 10.8 Å². The minimum Gasteiger partial charge on any atom is -0.321 e. The molecule has 1 atom stereocenters. The molecule has 3 rings (SSSR count). The third-order valence-corrected chi connectivity index (χ3v) is 3.65. The SMILES string of the molecule is O=c1ccc2ccc3c(c2[nH]1)C=CS3=O. The van der Waals surface area contributed by atoms with Gasteiger partial charge in [-0.1, -0.05) is 6.07 Å². The maximum Gasteiger partial charge on any atom is 0.248 e. The van der Waals surface area contributed by atoms with Gasteiger partial charge in [-0.05, 0) is 23.6 Å². The molecule has 1 aliphatic rings. The quantitative estimate of drug-likeness (QED) is 0.729. The van der Waals surface area contributed by atoms with Gasteiger partial charge in [0.25, 0.3) is 0 Å². The molecule has 0 aliphatic carbocycles. The summed E-state index contributed by atoms with van der Waals surface area (Å²) in [4.78, 5) is 14.7. The fraction of sp³-hybridized carbons (Fsp3) is 0. The zero-order valence-electron chi connectivity index (χ0n) is 7.69. The lowest BCUT2D eigenvalue weighted by Crippen LogP contribution is -2.03. The molecule has 0 radical (unpaired) electrons. The van der Waals surface area contributed by atoms with Gasteiger partial charge in [-0.2, -0.15) is 0 Å². The van der Waals surface area contributed by atoms with Crippen LogP contribution in [-0.2, 0) is 10.8 Å². The lowest BCUT2D eigenvalue weighted by Gasteiger charge is -2.02. The van der Waals surface area contributed by atoms with Crippen LogP contribution in [0.5, 0.6) is 0 Å². The number of fused-ring (bicyclic) bond motifs is 3. The molecule has 0 spiro atoms. The Bertz CT molecular complexity index is 670.